The maximum atomic E-state index is 5.34. The number of nitrogens with two attached hydrogens (primary N) is 2. The second kappa shape index (κ2) is 5.17. The summed E-state index contributed by atoms with van der Waals surface area (Å²) < 4.78 is 0.560. The van der Waals surface area contributed by atoms with Crippen molar-refractivity contribution < 1.29 is 0 Å². The van der Waals surface area contributed by atoms with Gasteiger partial charge in [-0.15, -0.1) is 0 Å². The van der Waals surface area contributed by atoms with E-state index in [0.29, 0.717) is 4.61 Å². The average molecular weight is 206 g/mol. The molecule has 0 atom stereocenters. The van der Waals surface area contributed by atoms with Gasteiger partial charge in [0, 0.05) is 12.7 Å². The van der Waals surface area contributed by atoms with E-state index in [0.717, 1.165) is 12.2 Å². The van der Waals surface area contributed by atoms with Crippen LogP contribution in [0.3, 0.4) is 0 Å². The summed E-state index contributed by atoms with van der Waals surface area (Å²) in [4.78, 5) is 0. The lowest BCUT2D eigenvalue weighted by atomic mass is 10.4. The Hall–Kier alpha value is -0.640. The van der Waals surface area contributed by atoms with Crippen molar-refractivity contribution in [3.63, 3.8) is 0 Å². The van der Waals surface area contributed by atoms with E-state index in [4.69, 9.17) is 11.5 Å². The average Bonchev–Trinajstić information content (AvgIpc) is 1.86. The molecule has 0 aromatic rings. The summed E-state index contributed by atoms with van der Waals surface area (Å²) in [5.41, 5.74) is 11.4. The molecule has 5 N–H and O–H groups in total. The minimum absolute atomic E-state index is 0.560. The standard InChI is InChI=1S/C6H12BrN3/c1-2-10-5(4-8)3-6(7)9/h3-4,10H,2,8-9H2,1H3/b5-4+,6-3-. The molecule has 10 heavy (non-hydrogen) atoms. The van der Waals surface area contributed by atoms with Crippen molar-refractivity contribution in [2.75, 3.05) is 6.54 Å². The Morgan fingerprint density at radius 1 is 1.70 bits per heavy atom. The Kier molecular flexibility index (Phi) is 4.84. The number of nitrogens with one attached hydrogen (secondary N) is 1. The topological polar surface area (TPSA) is 64.1 Å². The van der Waals surface area contributed by atoms with Gasteiger partial charge in [-0.25, -0.2) is 0 Å². The maximum Gasteiger partial charge on any atom is 0.0775 e. The first kappa shape index (κ1) is 9.36. The summed E-state index contributed by atoms with van der Waals surface area (Å²) in [6.07, 6.45) is 3.18. The molecule has 0 saturated carbocycles. The van der Waals surface area contributed by atoms with Crippen LogP contribution in [0.1, 0.15) is 6.92 Å². The van der Waals surface area contributed by atoms with E-state index < -0.39 is 0 Å². The summed E-state index contributed by atoms with van der Waals surface area (Å²) in [5, 5.41) is 3.01. The van der Waals surface area contributed by atoms with Crippen LogP contribution < -0.4 is 16.8 Å². The molecule has 58 valence electrons. The zero-order chi connectivity index (χ0) is 7.98. The van der Waals surface area contributed by atoms with Gasteiger partial charge < -0.3 is 16.8 Å². The second-order valence-electron chi connectivity index (χ2n) is 1.68. The number of rotatable bonds is 3. The molecule has 0 bridgehead atoms. The number of hydrogen-bond acceptors (Lipinski definition) is 3. The van der Waals surface area contributed by atoms with Crippen molar-refractivity contribution in [3.8, 4) is 0 Å². The SMILES string of the molecule is CCNC(/C=C(\N)Br)=C/N. The highest BCUT2D eigenvalue weighted by Gasteiger charge is 1.87. The van der Waals surface area contributed by atoms with Crippen molar-refractivity contribution in [3.05, 3.63) is 22.6 Å². The molecule has 0 aromatic heterocycles. The highest BCUT2D eigenvalue weighted by Crippen LogP contribution is 1.98. The predicted molar refractivity (Wildman–Crippen MR) is 47.1 cm³/mol. The van der Waals surface area contributed by atoms with Gasteiger partial charge in [-0.2, -0.15) is 0 Å². The van der Waals surface area contributed by atoms with Crippen LogP contribution in [0.5, 0.6) is 0 Å². The number of likely N-dealkylation sites (N-methyl/N-ethyl adjacent to an activating group) is 1. The lowest BCUT2D eigenvalue weighted by Gasteiger charge is -2.01. The quantitative estimate of drug-likeness (QED) is 0.467. The smallest absolute Gasteiger partial charge is 0.0775 e. The van der Waals surface area contributed by atoms with Crippen LogP contribution in [0.2, 0.25) is 0 Å². The zero-order valence-corrected chi connectivity index (χ0v) is 7.48. The molecule has 0 rings (SSSR count). The molecule has 0 aromatic carbocycles. The summed E-state index contributed by atoms with van der Waals surface area (Å²) in [7, 11) is 0. The molecule has 4 heteroatoms. The Balaban J connectivity index is 3.98. The predicted octanol–water partition coefficient (Wildman–Crippen LogP) is 0.591. The Morgan fingerprint density at radius 3 is 2.60 bits per heavy atom. The van der Waals surface area contributed by atoms with E-state index in [2.05, 4.69) is 21.2 Å². The summed E-state index contributed by atoms with van der Waals surface area (Å²) in [6, 6.07) is 0. The van der Waals surface area contributed by atoms with Crippen LogP contribution in [0.15, 0.2) is 22.6 Å². The molecular weight excluding hydrogens is 194 g/mol. The monoisotopic (exact) mass is 205 g/mol. The fraction of sp³-hybridized carbons (Fsp3) is 0.333. The van der Waals surface area contributed by atoms with Gasteiger partial charge in [0.25, 0.3) is 0 Å². The van der Waals surface area contributed by atoms with Crippen LogP contribution in [0.25, 0.3) is 0 Å². The maximum absolute atomic E-state index is 5.34. The van der Waals surface area contributed by atoms with E-state index >= 15 is 0 Å². The number of hydrogen-bond donors (Lipinski definition) is 3. The number of allylic oxidation sites excluding steroid dienone is 1. The lowest BCUT2D eigenvalue weighted by Crippen LogP contribution is -2.12. The largest absolute Gasteiger partial charge is 0.403 e. The Morgan fingerprint density at radius 2 is 2.30 bits per heavy atom. The fourth-order valence-electron chi connectivity index (χ4n) is 0.511. The van der Waals surface area contributed by atoms with Gasteiger partial charge in [-0.05, 0) is 28.9 Å². The Bertz CT molecular complexity index is 147. The van der Waals surface area contributed by atoms with Crippen molar-refractivity contribution in [2.45, 2.75) is 6.92 Å². The van der Waals surface area contributed by atoms with E-state index in [1.54, 1.807) is 6.08 Å². The molecule has 0 aliphatic heterocycles. The minimum Gasteiger partial charge on any atom is -0.403 e. The molecule has 0 amide bonds. The van der Waals surface area contributed by atoms with Crippen molar-refractivity contribution in [1.82, 2.24) is 5.32 Å². The van der Waals surface area contributed by atoms with Gasteiger partial charge in [0.15, 0.2) is 0 Å². The van der Waals surface area contributed by atoms with Crippen LogP contribution in [-0.2, 0) is 0 Å². The highest BCUT2D eigenvalue weighted by atomic mass is 79.9. The molecule has 0 aliphatic rings. The second-order valence-corrected chi connectivity index (χ2v) is 2.60. The number of halogens is 1. The van der Waals surface area contributed by atoms with E-state index in [9.17, 15) is 0 Å². The van der Waals surface area contributed by atoms with Gasteiger partial charge in [-0.3, -0.25) is 0 Å². The normalized spacial score (nSPS) is 13.4. The third kappa shape index (κ3) is 4.26. The molecule has 0 spiro atoms. The van der Waals surface area contributed by atoms with Gasteiger partial charge in [0.1, 0.15) is 0 Å². The molecule has 0 radical (unpaired) electrons. The first-order chi connectivity index (χ1) is 4.70. The Labute approximate surface area is 69.3 Å². The molecule has 0 heterocycles. The molecule has 0 fully saturated rings. The minimum atomic E-state index is 0.560. The molecule has 0 saturated heterocycles. The highest BCUT2D eigenvalue weighted by molar-refractivity contribution is 9.11. The third-order valence-corrected chi connectivity index (χ3v) is 1.08. The van der Waals surface area contributed by atoms with Crippen LogP contribution in [-0.4, -0.2) is 6.54 Å². The van der Waals surface area contributed by atoms with Crippen LogP contribution in [0, 0.1) is 0 Å². The molecule has 0 aliphatic carbocycles. The first-order valence-corrected chi connectivity index (χ1v) is 3.78. The fourth-order valence-corrected chi connectivity index (χ4v) is 0.757. The lowest BCUT2D eigenvalue weighted by molar-refractivity contribution is 0.873. The summed E-state index contributed by atoms with van der Waals surface area (Å²) in [6.45, 7) is 2.82. The zero-order valence-electron chi connectivity index (χ0n) is 5.89. The van der Waals surface area contributed by atoms with Gasteiger partial charge >= 0.3 is 0 Å². The van der Waals surface area contributed by atoms with Crippen LogP contribution >= 0.6 is 15.9 Å². The van der Waals surface area contributed by atoms with Crippen molar-refractivity contribution in [2.24, 2.45) is 11.5 Å². The van der Waals surface area contributed by atoms with Gasteiger partial charge in [0.05, 0.1) is 10.3 Å². The van der Waals surface area contributed by atoms with E-state index in [-0.39, 0.29) is 0 Å². The van der Waals surface area contributed by atoms with E-state index in [1.165, 1.54) is 6.20 Å². The van der Waals surface area contributed by atoms with Gasteiger partial charge in [-0.1, -0.05) is 0 Å². The van der Waals surface area contributed by atoms with E-state index in [1.807, 2.05) is 6.92 Å². The summed E-state index contributed by atoms with van der Waals surface area (Å²) in [5.74, 6) is 0. The molecule has 0 unspecified atom stereocenters. The third-order valence-electron chi connectivity index (χ3n) is 0.854. The molecule has 3 nitrogen and oxygen atoms in total. The van der Waals surface area contributed by atoms with Crippen molar-refractivity contribution >= 4 is 15.9 Å². The summed E-state index contributed by atoms with van der Waals surface area (Å²) >= 11 is 3.09. The van der Waals surface area contributed by atoms with Crippen molar-refractivity contribution in [1.29, 1.82) is 0 Å². The van der Waals surface area contributed by atoms with Crippen LogP contribution in [0.4, 0.5) is 0 Å². The first-order valence-electron chi connectivity index (χ1n) is 2.99. The molecular formula is C6H12BrN3. The van der Waals surface area contributed by atoms with Gasteiger partial charge in [0.2, 0.25) is 0 Å².